The van der Waals surface area contributed by atoms with Gasteiger partial charge in [-0.1, -0.05) is 75.4 Å². The molecule has 0 N–H and O–H groups in total. The fourth-order valence-electron chi connectivity index (χ4n) is 4.27. The Labute approximate surface area is 237 Å². The van der Waals surface area contributed by atoms with Gasteiger partial charge in [0.2, 0.25) is 8.32 Å². The Morgan fingerprint density at radius 3 is 2.30 bits per heavy atom. The molecule has 1 amide bonds. The number of fused-ring (bicyclic) bond motifs is 1. The summed E-state index contributed by atoms with van der Waals surface area (Å²) in [5.41, 5.74) is 4.67. The molecule has 6 nitrogen and oxygen atoms in total. The van der Waals surface area contributed by atoms with Crippen molar-refractivity contribution < 1.29 is 14.0 Å². The second-order valence-corrected chi connectivity index (χ2v) is 16.3. The number of aliphatic imine (C=N–C) groups is 2. The zero-order valence-corrected chi connectivity index (χ0v) is 24.9. The van der Waals surface area contributed by atoms with Crippen LogP contribution in [0, 0.1) is 0 Å². The van der Waals surface area contributed by atoms with E-state index in [1.165, 1.54) is 0 Å². The largest absolute Gasteiger partial charge is 0.543 e. The SMILES string of the molecule is COc1ccc(/C=C2\N=C3C(Cc4ccccc4)=NC(c4cccc(O[Si](C)(C)C(C)(C)C)c4)=CN3C2=O)cc1. The highest BCUT2D eigenvalue weighted by molar-refractivity contribution is 6.74. The monoisotopic (exact) mass is 549 g/mol. The minimum Gasteiger partial charge on any atom is -0.543 e. The first-order valence-electron chi connectivity index (χ1n) is 13.5. The molecular weight excluding hydrogens is 514 g/mol. The van der Waals surface area contributed by atoms with E-state index in [2.05, 4.69) is 46.0 Å². The molecule has 0 atom stereocenters. The van der Waals surface area contributed by atoms with Crippen molar-refractivity contribution in [3.63, 3.8) is 0 Å². The molecule has 2 aliphatic heterocycles. The van der Waals surface area contributed by atoms with Crippen LogP contribution in [-0.4, -0.2) is 37.8 Å². The molecule has 0 aliphatic carbocycles. The van der Waals surface area contributed by atoms with Gasteiger partial charge < -0.3 is 9.16 Å². The zero-order valence-electron chi connectivity index (χ0n) is 23.9. The lowest BCUT2D eigenvalue weighted by Crippen LogP contribution is -2.43. The second-order valence-electron chi connectivity index (χ2n) is 11.5. The predicted molar refractivity (Wildman–Crippen MR) is 165 cm³/mol. The van der Waals surface area contributed by atoms with Gasteiger partial charge in [-0.2, -0.15) is 0 Å². The minimum absolute atomic E-state index is 0.0775. The van der Waals surface area contributed by atoms with Gasteiger partial charge in [0.05, 0.1) is 18.5 Å². The van der Waals surface area contributed by atoms with E-state index < -0.39 is 8.32 Å². The average molecular weight is 550 g/mol. The van der Waals surface area contributed by atoms with Gasteiger partial charge in [-0.15, -0.1) is 0 Å². The number of amidine groups is 1. The van der Waals surface area contributed by atoms with Crippen molar-refractivity contribution >= 4 is 37.5 Å². The van der Waals surface area contributed by atoms with Crippen LogP contribution >= 0.6 is 0 Å². The molecule has 0 spiro atoms. The summed E-state index contributed by atoms with van der Waals surface area (Å²) in [6.07, 6.45) is 4.14. The molecule has 0 unspecified atom stereocenters. The number of rotatable bonds is 7. The summed E-state index contributed by atoms with van der Waals surface area (Å²) in [6.45, 7) is 11.1. The average Bonchev–Trinajstić information content (AvgIpc) is 3.24. The number of nitrogens with zero attached hydrogens (tertiary/aromatic N) is 3. The van der Waals surface area contributed by atoms with Crippen LogP contribution in [0.3, 0.4) is 0 Å². The molecule has 0 aromatic heterocycles. The van der Waals surface area contributed by atoms with Crippen molar-refractivity contribution in [2.45, 2.75) is 45.3 Å². The number of benzene rings is 3. The van der Waals surface area contributed by atoms with Crippen molar-refractivity contribution in [1.29, 1.82) is 0 Å². The maximum absolute atomic E-state index is 13.6. The van der Waals surface area contributed by atoms with E-state index >= 15 is 0 Å². The number of amides is 1. The number of hydrogen-bond acceptors (Lipinski definition) is 5. The molecular formula is C33H35N3O3Si. The quantitative estimate of drug-likeness (QED) is 0.229. The van der Waals surface area contributed by atoms with Gasteiger partial charge in [-0.3, -0.25) is 9.69 Å². The van der Waals surface area contributed by atoms with Gasteiger partial charge in [0.25, 0.3) is 5.91 Å². The van der Waals surface area contributed by atoms with Gasteiger partial charge in [-0.25, -0.2) is 9.98 Å². The van der Waals surface area contributed by atoms with E-state index in [-0.39, 0.29) is 10.9 Å². The standard InChI is InChI=1S/C33H35N3O3Si/c1-33(2,3)40(5,6)39-27-14-10-13-25(21-27)30-22-36-31(28(34-30)19-23-11-8-7-9-12-23)35-29(32(36)37)20-24-15-17-26(38-4)18-16-24/h7-18,20-22H,19H2,1-6H3/b29-20-. The predicted octanol–water partition coefficient (Wildman–Crippen LogP) is 7.36. The lowest BCUT2D eigenvalue weighted by Gasteiger charge is -2.36. The van der Waals surface area contributed by atoms with Crippen LogP contribution < -0.4 is 9.16 Å². The van der Waals surface area contributed by atoms with Crippen LogP contribution in [-0.2, 0) is 11.2 Å². The molecule has 7 heteroatoms. The third kappa shape index (κ3) is 5.70. The van der Waals surface area contributed by atoms with Gasteiger partial charge in [0.15, 0.2) is 5.84 Å². The third-order valence-electron chi connectivity index (χ3n) is 7.60. The van der Waals surface area contributed by atoms with Crippen LogP contribution in [0.15, 0.2) is 101 Å². The number of methoxy groups -OCH3 is 1. The van der Waals surface area contributed by atoms with Gasteiger partial charge in [0, 0.05) is 18.2 Å². The first kappa shape index (κ1) is 27.3. The van der Waals surface area contributed by atoms with E-state index in [4.69, 9.17) is 19.1 Å². The first-order chi connectivity index (χ1) is 19.0. The van der Waals surface area contributed by atoms with E-state index in [1.807, 2.05) is 66.7 Å². The summed E-state index contributed by atoms with van der Waals surface area (Å²) in [5.74, 6) is 1.95. The summed E-state index contributed by atoms with van der Waals surface area (Å²) >= 11 is 0. The molecule has 204 valence electrons. The Balaban J connectivity index is 1.52. The van der Waals surface area contributed by atoms with E-state index in [0.29, 0.717) is 23.7 Å². The van der Waals surface area contributed by atoms with E-state index in [0.717, 1.165) is 33.9 Å². The summed E-state index contributed by atoms with van der Waals surface area (Å²) in [5, 5.41) is 0.0775. The van der Waals surface area contributed by atoms with Crippen LogP contribution in [0.5, 0.6) is 11.5 Å². The molecule has 5 rings (SSSR count). The van der Waals surface area contributed by atoms with Crippen LogP contribution in [0.4, 0.5) is 0 Å². The van der Waals surface area contributed by atoms with Crippen LogP contribution in [0.2, 0.25) is 18.1 Å². The Kier molecular flexibility index (Phi) is 7.34. The van der Waals surface area contributed by atoms with Gasteiger partial charge >= 0.3 is 0 Å². The van der Waals surface area contributed by atoms with Crippen molar-refractivity contribution in [3.05, 3.63) is 107 Å². The molecule has 2 heterocycles. The Hall–Kier alpha value is -4.23. The Morgan fingerprint density at radius 1 is 0.900 bits per heavy atom. The summed E-state index contributed by atoms with van der Waals surface area (Å²) in [4.78, 5) is 25.0. The molecule has 0 radical (unpaired) electrons. The summed E-state index contributed by atoms with van der Waals surface area (Å²) in [6, 6.07) is 25.7. The molecule has 0 bridgehead atoms. The smallest absolute Gasteiger partial charge is 0.282 e. The molecule has 3 aromatic rings. The maximum atomic E-state index is 13.6. The van der Waals surface area contributed by atoms with Crippen LogP contribution in [0.25, 0.3) is 11.8 Å². The van der Waals surface area contributed by atoms with Crippen molar-refractivity contribution in [2.24, 2.45) is 9.98 Å². The maximum Gasteiger partial charge on any atom is 0.282 e. The molecule has 2 aliphatic rings. The minimum atomic E-state index is -2.02. The second kappa shape index (κ2) is 10.7. The van der Waals surface area contributed by atoms with Crippen molar-refractivity contribution in [3.8, 4) is 11.5 Å². The van der Waals surface area contributed by atoms with Crippen molar-refractivity contribution in [1.82, 2.24) is 4.90 Å². The fourth-order valence-corrected chi connectivity index (χ4v) is 5.29. The third-order valence-corrected chi connectivity index (χ3v) is 12.0. The number of hydrogen-bond donors (Lipinski definition) is 0. The summed E-state index contributed by atoms with van der Waals surface area (Å²) < 4.78 is 11.8. The molecule has 0 fully saturated rings. The summed E-state index contributed by atoms with van der Waals surface area (Å²) in [7, 11) is -0.392. The van der Waals surface area contributed by atoms with Crippen molar-refractivity contribution in [2.75, 3.05) is 7.11 Å². The van der Waals surface area contributed by atoms with Gasteiger partial charge in [0.1, 0.15) is 17.2 Å². The topological polar surface area (TPSA) is 63.5 Å². The van der Waals surface area contributed by atoms with Gasteiger partial charge in [-0.05, 0) is 59.6 Å². The number of carbonyl (C=O) groups is 1. The highest BCUT2D eigenvalue weighted by Crippen LogP contribution is 2.38. The Morgan fingerprint density at radius 2 is 1.62 bits per heavy atom. The zero-order chi connectivity index (χ0) is 28.5. The lowest BCUT2D eigenvalue weighted by molar-refractivity contribution is -0.120. The molecule has 40 heavy (non-hydrogen) atoms. The lowest BCUT2D eigenvalue weighted by atomic mass is 10.0. The molecule has 3 aromatic carbocycles. The normalized spacial score (nSPS) is 16.4. The number of ether oxygens (including phenoxy) is 1. The number of carbonyl (C=O) groups excluding carboxylic acids is 1. The van der Waals surface area contributed by atoms with E-state index in [1.54, 1.807) is 24.3 Å². The van der Waals surface area contributed by atoms with Crippen LogP contribution in [0.1, 0.15) is 37.5 Å². The van der Waals surface area contributed by atoms with E-state index in [9.17, 15) is 4.79 Å². The highest BCUT2D eigenvalue weighted by atomic mass is 28.4. The molecule has 0 saturated heterocycles. The Bertz CT molecular complexity index is 1550. The first-order valence-corrected chi connectivity index (χ1v) is 16.4. The highest BCUT2D eigenvalue weighted by Gasteiger charge is 2.39. The fraction of sp³-hybridized carbons (Fsp3) is 0.242. The molecule has 0 saturated carbocycles.